The first kappa shape index (κ1) is 12.8. The van der Waals surface area contributed by atoms with E-state index in [1.807, 2.05) is 13.8 Å². The number of Topliss-reactive ketones (excluding diaryl/α,β-unsaturated/α-hetero) is 1. The molecule has 0 radical (unpaired) electrons. The van der Waals surface area contributed by atoms with Gasteiger partial charge in [-0.15, -0.1) is 0 Å². The first-order valence-electron chi connectivity index (χ1n) is 6.70. The first-order chi connectivity index (χ1) is 8.08. The summed E-state index contributed by atoms with van der Waals surface area (Å²) in [6, 6.07) is 0. The van der Waals surface area contributed by atoms with Crippen LogP contribution in [0.15, 0.2) is 11.6 Å². The molecule has 0 unspecified atom stereocenters. The Morgan fingerprint density at radius 3 is 2.47 bits per heavy atom. The first-order valence-corrected chi connectivity index (χ1v) is 6.70. The molecule has 2 aliphatic rings. The summed E-state index contributed by atoms with van der Waals surface area (Å²) in [4.78, 5) is 14.4. The molecule has 1 fully saturated rings. The molecule has 3 heteroatoms. The van der Waals surface area contributed by atoms with Gasteiger partial charge >= 0.3 is 0 Å². The molecule has 2 heterocycles. The summed E-state index contributed by atoms with van der Waals surface area (Å²) in [7, 11) is 0. The highest BCUT2D eigenvalue weighted by molar-refractivity contribution is 5.86. The Morgan fingerprint density at radius 2 is 1.88 bits per heavy atom. The lowest BCUT2D eigenvalue weighted by molar-refractivity contribution is -0.143. The van der Waals surface area contributed by atoms with Crippen molar-refractivity contribution in [2.45, 2.75) is 39.9 Å². The number of hydrogen-bond donors (Lipinski definition) is 0. The van der Waals surface area contributed by atoms with E-state index in [1.165, 1.54) is 5.57 Å². The monoisotopic (exact) mass is 237 g/mol. The maximum atomic E-state index is 12.0. The highest BCUT2D eigenvalue weighted by atomic mass is 16.5. The van der Waals surface area contributed by atoms with E-state index in [0.29, 0.717) is 5.78 Å². The van der Waals surface area contributed by atoms with Crippen molar-refractivity contribution in [3.05, 3.63) is 11.6 Å². The van der Waals surface area contributed by atoms with Gasteiger partial charge in [-0.3, -0.25) is 9.69 Å². The van der Waals surface area contributed by atoms with Crippen LogP contribution in [0.5, 0.6) is 0 Å². The fourth-order valence-electron chi connectivity index (χ4n) is 2.88. The summed E-state index contributed by atoms with van der Waals surface area (Å²) in [6.07, 6.45) is 2.24. The summed E-state index contributed by atoms with van der Waals surface area (Å²) in [5.41, 5.74) is 1.31. The van der Waals surface area contributed by atoms with Crippen molar-refractivity contribution in [2.75, 3.05) is 19.6 Å². The van der Waals surface area contributed by atoms with E-state index in [1.54, 1.807) is 0 Å². The number of hydrogen-bond acceptors (Lipinski definition) is 3. The van der Waals surface area contributed by atoms with Gasteiger partial charge in [-0.2, -0.15) is 0 Å². The Balaban J connectivity index is 2.13. The second-order valence-electron chi connectivity index (χ2n) is 5.20. The minimum Gasteiger partial charge on any atom is -0.365 e. The van der Waals surface area contributed by atoms with Crippen LogP contribution in [0.1, 0.15) is 27.7 Å². The minimum absolute atomic E-state index is 0.0190. The Morgan fingerprint density at radius 1 is 1.24 bits per heavy atom. The number of ether oxygens (including phenoxy) is 1. The maximum Gasteiger partial charge on any atom is 0.144 e. The maximum absolute atomic E-state index is 12.0. The lowest BCUT2D eigenvalue weighted by Gasteiger charge is -2.32. The molecular formula is C14H23NO2. The lowest BCUT2D eigenvalue weighted by Crippen LogP contribution is -2.42. The van der Waals surface area contributed by atoms with Crippen molar-refractivity contribution in [2.24, 2.45) is 11.8 Å². The van der Waals surface area contributed by atoms with Crippen molar-refractivity contribution in [1.29, 1.82) is 0 Å². The molecular weight excluding hydrogens is 214 g/mol. The van der Waals surface area contributed by atoms with E-state index in [-0.39, 0.29) is 24.0 Å². The fraction of sp³-hybridized carbons (Fsp3) is 0.786. The van der Waals surface area contributed by atoms with Gasteiger partial charge in [0.25, 0.3) is 0 Å². The number of carbonyl (C=O) groups excluding carboxylic acids is 1. The molecule has 0 N–H and O–H groups in total. The number of nitrogens with zero attached hydrogens (tertiary/aromatic N) is 1. The average Bonchev–Trinajstić information content (AvgIpc) is 2.72. The van der Waals surface area contributed by atoms with E-state index in [9.17, 15) is 4.79 Å². The number of carbonyl (C=O) groups is 1. The van der Waals surface area contributed by atoms with E-state index in [2.05, 4.69) is 24.8 Å². The van der Waals surface area contributed by atoms with Crippen LogP contribution in [-0.4, -0.2) is 42.5 Å². The quantitative estimate of drug-likeness (QED) is 0.699. The van der Waals surface area contributed by atoms with E-state index >= 15 is 0 Å². The molecule has 0 amide bonds. The molecule has 0 aliphatic carbocycles. The third-order valence-corrected chi connectivity index (χ3v) is 4.19. The molecule has 17 heavy (non-hydrogen) atoms. The molecule has 3 nitrogen and oxygen atoms in total. The normalized spacial score (nSPS) is 36.5. The van der Waals surface area contributed by atoms with Crippen LogP contribution >= 0.6 is 0 Å². The highest BCUT2D eigenvalue weighted by Crippen LogP contribution is 2.37. The molecule has 0 aromatic heterocycles. The largest absolute Gasteiger partial charge is 0.365 e. The Labute approximate surface area is 104 Å². The fourth-order valence-corrected chi connectivity index (χ4v) is 2.88. The topological polar surface area (TPSA) is 29.5 Å². The standard InChI is InChI=1S/C14H23NO2/c1-5-15(6-2)8-11-7-12-9(3)13(16)10(4)14(11)17-12/h7,9-10,12,14H,5-6,8H2,1-4H3/t9-,10-,12-,14-/m0/s1. The van der Waals surface area contributed by atoms with Crippen molar-refractivity contribution in [1.82, 2.24) is 4.90 Å². The lowest BCUT2D eigenvalue weighted by atomic mass is 9.87. The van der Waals surface area contributed by atoms with Crippen LogP contribution < -0.4 is 0 Å². The number of ketones is 1. The van der Waals surface area contributed by atoms with Crippen molar-refractivity contribution < 1.29 is 9.53 Å². The molecule has 0 aromatic rings. The molecule has 96 valence electrons. The Hall–Kier alpha value is -0.670. The van der Waals surface area contributed by atoms with Gasteiger partial charge in [0.05, 0.1) is 12.2 Å². The zero-order valence-corrected chi connectivity index (χ0v) is 11.3. The van der Waals surface area contributed by atoms with Crippen LogP contribution in [0.3, 0.4) is 0 Å². The van der Waals surface area contributed by atoms with E-state index < -0.39 is 0 Å². The summed E-state index contributed by atoms with van der Waals surface area (Å²) in [5, 5.41) is 0. The van der Waals surface area contributed by atoms with Gasteiger partial charge in [0.2, 0.25) is 0 Å². The van der Waals surface area contributed by atoms with Gasteiger partial charge in [0.15, 0.2) is 0 Å². The van der Waals surface area contributed by atoms with Crippen LogP contribution in [0.2, 0.25) is 0 Å². The summed E-state index contributed by atoms with van der Waals surface area (Å²) in [6.45, 7) is 11.4. The Bertz CT molecular complexity index is 333. The minimum atomic E-state index is 0.0190. The van der Waals surface area contributed by atoms with Crippen LogP contribution in [0, 0.1) is 11.8 Å². The van der Waals surface area contributed by atoms with Gasteiger partial charge in [0, 0.05) is 18.4 Å². The van der Waals surface area contributed by atoms with Gasteiger partial charge in [-0.25, -0.2) is 0 Å². The second-order valence-corrected chi connectivity index (χ2v) is 5.20. The van der Waals surface area contributed by atoms with E-state index in [4.69, 9.17) is 4.74 Å². The Kier molecular flexibility index (Phi) is 3.69. The average molecular weight is 237 g/mol. The van der Waals surface area contributed by atoms with Crippen molar-refractivity contribution in [3.63, 3.8) is 0 Å². The molecule has 2 rings (SSSR count). The third-order valence-electron chi connectivity index (χ3n) is 4.19. The van der Waals surface area contributed by atoms with Crippen molar-refractivity contribution >= 4 is 5.78 Å². The molecule has 0 spiro atoms. The van der Waals surface area contributed by atoms with Gasteiger partial charge in [-0.1, -0.05) is 33.8 Å². The third kappa shape index (κ3) is 2.18. The summed E-state index contributed by atoms with van der Waals surface area (Å²) < 4.78 is 5.95. The zero-order valence-electron chi connectivity index (χ0n) is 11.3. The summed E-state index contributed by atoms with van der Waals surface area (Å²) >= 11 is 0. The number of rotatable bonds is 4. The van der Waals surface area contributed by atoms with Crippen LogP contribution in [0.25, 0.3) is 0 Å². The number of fused-ring (bicyclic) bond motifs is 2. The van der Waals surface area contributed by atoms with Crippen molar-refractivity contribution in [3.8, 4) is 0 Å². The molecule has 2 bridgehead atoms. The van der Waals surface area contributed by atoms with Crippen LogP contribution in [-0.2, 0) is 9.53 Å². The highest BCUT2D eigenvalue weighted by Gasteiger charge is 2.45. The molecule has 1 saturated heterocycles. The molecule has 4 atom stereocenters. The molecule has 0 saturated carbocycles. The van der Waals surface area contributed by atoms with Gasteiger partial charge < -0.3 is 4.74 Å². The predicted molar refractivity (Wildman–Crippen MR) is 67.9 cm³/mol. The number of likely N-dealkylation sites (N-methyl/N-ethyl adjacent to an activating group) is 1. The van der Waals surface area contributed by atoms with E-state index in [0.717, 1.165) is 19.6 Å². The SMILES string of the molecule is CCN(CC)CC1=C[C@@H]2O[C@H]1[C@@H](C)C(=O)[C@H]2C. The molecule has 2 aliphatic heterocycles. The van der Waals surface area contributed by atoms with Gasteiger partial charge in [0.1, 0.15) is 5.78 Å². The zero-order chi connectivity index (χ0) is 12.6. The molecule has 0 aromatic carbocycles. The second kappa shape index (κ2) is 4.91. The van der Waals surface area contributed by atoms with Crippen LogP contribution in [0.4, 0.5) is 0 Å². The summed E-state index contributed by atoms with van der Waals surface area (Å²) in [5.74, 6) is 0.401. The van der Waals surface area contributed by atoms with Gasteiger partial charge in [-0.05, 0) is 18.7 Å². The smallest absolute Gasteiger partial charge is 0.144 e. The predicted octanol–water partition coefficient (Wildman–Crippen LogP) is 1.88.